The second kappa shape index (κ2) is 7.92. The lowest BCUT2D eigenvalue weighted by atomic mass is 9.99. The number of rotatable bonds is 8. The SMILES string of the molecule is C=CCCCCCC(NN)c1cccc2c1OCCO2. The first-order chi connectivity index (χ1) is 9.86. The third-order valence-electron chi connectivity index (χ3n) is 3.57. The normalized spacial score (nSPS) is 14.8. The molecule has 4 nitrogen and oxygen atoms in total. The Labute approximate surface area is 120 Å². The first-order valence-electron chi connectivity index (χ1n) is 7.32. The minimum atomic E-state index is 0.107. The van der Waals surface area contributed by atoms with Crippen LogP contribution in [0.2, 0.25) is 0 Å². The van der Waals surface area contributed by atoms with E-state index in [1.54, 1.807) is 0 Å². The van der Waals surface area contributed by atoms with E-state index in [1.807, 2.05) is 18.2 Å². The van der Waals surface area contributed by atoms with Crippen molar-refractivity contribution in [3.8, 4) is 11.5 Å². The Morgan fingerprint density at radius 1 is 1.25 bits per heavy atom. The van der Waals surface area contributed by atoms with Crippen LogP contribution in [0.4, 0.5) is 0 Å². The average Bonchev–Trinajstić information content (AvgIpc) is 2.51. The second-order valence-electron chi connectivity index (χ2n) is 5.02. The largest absolute Gasteiger partial charge is 0.486 e. The van der Waals surface area contributed by atoms with Gasteiger partial charge in [0.15, 0.2) is 11.5 Å². The van der Waals surface area contributed by atoms with Gasteiger partial charge in [0.05, 0.1) is 0 Å². The summed E-state index contributed by atoms with van der Waals surface area (Å²) in [6, 6.07) is 6.10. The molecule has 110 valence electrons. The lowest BCUT2D eigenvalue weighted by Crippen LogP contribution is -2.29. The molecule has 3 N–H and O–H groups in total. The molecule has 0 spiro atoms. The Hall–Kier alpha value is -1.52. The van der Waals surface area contributed by atoms with Crippen molar-refractivity contribution in [2.75, 3.05) is 13.2 Å². The van der Waals surface area contributed by atoms with E-state index in [0.29, 0.717) is 13.2 Å². The van der Waals surface area contributed by atoms with Crippen LogP contribution >= 0.6 is 0 Å². The molecule has 20 heavy (non-hydrogen) atoms. The zero-order valence-corrected chi connectivity index (χ0v) is 11.9. The minimum absolute atomic E-state index is 0.107. The summed E-state index contributed by atoms with van der Waals surface area (Å²) < 4.78 is 11.4. The molecule has 2 rings (SSSR count). The highest BCUT2D eigenvalue weighted by atomic mass is 16.6. The number of hydrogen-bond acceptors (Lipinski definition) is 4. The lowest BCUT2D eigenvalue weighted by molar-refractivity contribution is 0.168. The highest BCUT2D eigenvalue weighted by Gasteiger charge is 2.20. The van der Waals surface area contributed by atoms with Crippen LogP contribution in [0.3, 0.4) is 0 Å². The Balaban J connectivity index is 1.98. The number of ether oxygens (including phenoxy) is 2. The van der Waals surface area contributed by atoms with Gasteiger partial charge in [-0.1, -0.05) is 31.1 Å². The molecule has 1 atom stereocenters. The summed E-state index contributed by atoms with van der Waals surface area (Å²) >= 11 is 0. The van der Waals surface area contributed by atoms with Gasteiger partial charge in [-0.2, -0.15) is 0 Å². The Kier molecular flexibility index (Phi) is 5.89. The zero-order valence-electron chi connectivity index (χ0n) is 11.9. The van der Waals surface area contributed by atoms with E-state index in [0.717, 1.165) is 36.3 Å². The molecule has 1 aliphatic heterocycles. The number of unbranched alkanes of at least 4 members (excludes halogenated alkanes) is 3. The van der Waals surface area contributed by atoms with Crippen LogP contribution in [-0.2, 0) is 0 Å². The van der Waals surface area contributed by atoms with Gasteiger partial charge in [-0.15, -0.1) is 6.58 Å². The average molecular weight is 276 g/mol. The van der Waals surface area contributed by atoms with Crippen LogP contribution in [-0.4, -0.2) is 13.2 Å². The van der Waals surface area contributed by atoms with Gasteiger partial charge in [0, 0.05) is 11.6 Å². The van der Waals surface area contributed by atoms with Gasteiger partial charge in [0.1, 0.15) is 13.2 Å². The highest BCUT2D eigenvalue weighted by Crippen LogP contribution is 2.38. The van der Waals surface area contributed by atoms with Crippen LogP contribution in [0.25, 0.3) is 0 Å². The number of benzene rings is 1. The second-order valence-corrected chi connectivity index (χ2v) is 5.02. The highest BCUT2D eigenvalue weighted by molar-refractivity contribution is 5.48. The molecule has 0 saturated heterocycles. The van der Waals surface area contributed by atoms with Crippen molar-refractivity contribution in [3.63, 3.8) is 0 Å². The first-order valence-corrected chi connectivity index (χ1v) is 7.32. The predicted molar refractivity (Wildman–Crippen MR) is 80.8 cm³/mol. The fraction of sp³-hybridized carbons (Fsp3) is 0.500. The minimum Gasteiger partial charge on any atom is -0.486 e. The van der Waals surface area contributed by atoms with Crippen LogP contribution in [0.15, 0.2) is 30.9 Å². The van der Waals surface area contributed by atoms with Gasteiger partial charge in [-0.05, 0) is 25.3 Å². The van der Waals surface area contributed by atoms with Gasteiger partial charge < -0.3 is 9.47 Å². The van der Waals surface area contributed by atoms with E-state index in [-0.39, 0.29) is 6.04 Å². The quantitative estimate of drug-likeness (QED) is 0.331. The number of hydrazine groups is 1. The number of fused-ring (bicyclic) bond motifs is 1. The molecule has 0 aliphatic carbocycles. The van der Waals surface area contributed by atoms with E-state index < -0.39 is 0 Å². The molecule has 0 aromatic heterocycles. The first kappa shape index (κ1) is 14.9. The molecule has 0 fully saturated rings. The summed E-state index contributed by atoms with van der Waals surface area (Å²) in [7, 11) is 0. The molecule has 0 bridgehead atoms. The Bertz CT molecular complexity index is 434. The predicted octanol–water partition coefficient (Wildman–Crippen LogP) is 3.10. The van der Waals surface area contributed by atoms with Crippen LogP contribution < -0.4 is 20.7 Å². The van der Waals surface area contributed by atoms with Crippen molar-refractivity contribution < 1.29 is 9.47 Å². The monoisotopic (exact) mass is 276 g/mol. The van der Waals surface area contributed by atoms with Crippen LogP contribution in [0, 0.1) is 0 Å². The Morgan fingerprint density at radius 3 is 2.90 bits per heavy atom. The van der Waals surface area contributed by atoms with Crippen molar-refractivity contribution >= 4 is 0 Å². The van der Waals surface area contributed by atoms with E-state index in [4.69, 9.17) is 15.3 Å². The van der Waals surface area contributed by atoms with Crippen molar-refractivity contribution in [1.82, 2.24) is 5.43 Å². The van der Waals surface area contributed by atoms with E-state index in [1.165, 1.54) is 12.8 Å². The number of nitrogens with one attached hydrogen (secondary N) is 1. The standard InChI is InChI=1S/C16H24N2O2/c1-2-3-4-5-6-9-14(18-17)13-8-7-10-15-16(13)20-12-11-19-15/h2,7-8,10,14,18H,1,3-6,9,11-12,17H2. The third-order valence-corrected chi connectivity index (χ3v) is 3.57. The van der Waals surface area contributed by atoms with Gasteiger partial charge in [-0.25, -0.2) is 0 Å². The molecule has 0 amide bonds. The molecule has 0 radical (unpaired) electrons. The summed E-state index contributed by atoms with van der Waals surface area (Å²) in [4.78, 5) is 0. The third kappa shape index (κ3) is 3.74. The van der Waals surface area contributed by atoms with Crippen molar-refractivity contribution in [2.45, 2.75) is 38.1 Å². The van der Waals surface area contributed by atoms with Crippen molar-refractivity contribution in [2.24, 2.45) is 5.84 Å². The molecular weight excluding hydrogens is 252 g/mol. The van der Waals surface area contributed by atoms with Crippen LogP contribution in [0.1, 0.15) is 43.7 Å². The fourth-order valence-electron chi connectivity index (χ4n) is 2.51. The maximum absolute atomic E-state index is 5.75. The fourth-order valence-corrected chi connectivity index (χ4v) is 2.51. The number of para-hydroxylation sites is 1. The maximum Gasteiger partial charge on any atom is 0.166 e. The van der Waals surface area contributed by atoms with E-state index in [2.05, 4.69) is 18.1 Å². The van der Waals surface area contributed by atoms with Gasteiger partial charge >= 0.3 is 0 Å². The number of hydrogen-bond donors (Lipinski definition) is 2. The summed E-state index contributed by atoms with van der Waals surface area (Å²) in [5.74, 6) is 7.38. The smallest absolute Gasteiger partial charge is 0.166 e. The zero-order chi connectivity index (χ0) is 14.2. The summed E-state index contributed by atoms with van der Waals surface area (Å²) in [5.41, 5.74) is 3.99. The molecule has 1 unspecified atom stereocenters. The van der Waals surface area contributed by atoms with E-state index >= 15 is 0 Å². The molecule has 1 aromatic rings. The topological polar surface area (TPSA) is 56.5 Å². The van der Waals surface area contributed by atoms with Gasteiger partial charge in [-0.3, -0.25) is 11.3 Å². The molecular formula is C16H24N2O2. The summed E-state index contributed by atoms with van der Waals surface area (Å²) in [6.07, 6.45) is 7.56. The maximum atomic E-state index is 5.75. The summed E-state index contributed by atoms with van der Waals surface area (Å²) in [6.45, 7) is 4.95. The molecule has 1 aromatic carbocycles. The molecule has 1 aliphatic rings. The van der Waals surface area contributed by atoms with Crippen molar-refractivity contribution in [1.29, 1.82) is 0 Å². The van der Waals surface area contributed by atoms with E-state index in [9.17, 15) is 0 Å². The van der Waals surface area contributed by atoms with Crippen molar-refractivity contribution in [3.05, 3.63) is 36.4 Å². The Morgan fingerprint density at radius 2 is 2.10 bits per heavy atom. The van der Waals surface area contributed by atoms with Gasteiger partial charge in [0.25, 0.3) is 0 Å². The lowest BCUT2D eigenvalue weighted by Gasteiger charge is -2.25. The van der Waals surface area contributed by atoms with Gasteiger partial charge in [0.2, 0.25) is 0 Å². The number of allylic oxidation sites excluding steroid dienone is 1. The van der Waals surface area contributed by atoms with Crippen LogP contribution in [0.5, 0.6) is 11.5 Å². The molecule has 1 heterocycles. The number of nitrogens with two attached hydrogens (primary N) is 1. The summed E-state index contributed by atoms with van der Waals surface area (Å²) in [5, 5.41) is 0. The molecule has 4 heteroatoms. The molecule has 0 saturated carbocycles.